The van der Waals surface area contributed by atoms with E-state index in [0.717, 1.165) is 0 Å². The van der Waals surface area contributed by atoms with E-state index < -0.39 is 5.82 Å². The summed E-state index contributed by atoms with van der Waals surface area (Å²) in [5.74, 6) is 4.77. The van der Waals surface area contributed by atoms with Crippen LogP contribution in [0.25, 0.3) is 0 Å². The normalized spacial score (nSPS) is 8.38. The number of nitrogens with zero attached hydrogens (tertiary/aromatic N) is 1. The fourth-order valence-electron chi connectivity index (χ4n) is 0.819. The molecule has 0 saturated heterocycles. The summed E-state index contributed by atoms with van der Waals surface area (Å²) in [4.78, 5) is 0. The maximum Gasteiger partial charge on any atom is 0.138 e. The zero-order valence-electron chi connectivity index (χ0n) is 6.64. The molecule has 13 heavy (non-hydrogen) atoms. The van der Waals surface area contributed by atoms with Crippen LogP contribution in [-0.4, -0.2) is 5.88 Å². The lowest BCUT2D eigenvalue weighted by Gasteiger charge is -1.93. The molecule has 0 saturated carbocycles. The van der Waals surface area contributed by atoms with Gasteiger partial charge in [0, 0.05) is 0 Å². The largest absolute Gasteiger partial charge is 0.206 e. The van der Waals surface area contributed by atoms with Crippen LogP contribution >= 0.6 is 11.6 Å². The van der Waals surface area contributed by atoms with Crippen LogP contribution in [-0.2, 0) is 0 Å². The third-order valence-corrected chi connectivity index (χ3v) is 1.52. The first-order valence-electron chi connectivity index (χ1n) is 3.52. The minimum absolute atomic E-state index is 0.149. The predicted molar refractivity (Wildman–Crippen MR) is 48.7 cm³/mol. The van der Waals surface area contributed by atoms with Crippen LogP contribution in [0.4, 0.5) is 4.39 Å². The molecule has 1 rings (SSSR count). The monoisotopic (exact) mass is 193 g/mol. The molecule has 1 nitrogen and oxygen atoms in total. The van der Waals surface area contributed by atoms with Crippen LogP contribution in [0.15, 0.2) is 18.2 Å². The van der Waals surface area contributed by atoms with Gasteiger partial charge in [-0.05, 0) is 18.2 Å². The van der Waals surface area contributed by atoms with Gasteiger partial charge in [-0.3, -0.25) is 0 Å². The Bertz CT molecular complexity index is 409. The van der Waals surface area contributed by atoms with Gasteiger partial charge in [-0.2, -0.15) is 5.26 Å². The zero-order chi connectivity index (χ0) is 9.68. The third-order valence-electron chi connectivity index (χ3n) is 1.39. The molecule has 0 aliphatic carbocycles. The molecule has 3 heteroatoms. The Hall–Kier alpha value is -1.51. The second kappa shape index (κ2) is 4.50. The SMILES string of the molecule is N#Cc1ccc(F)c(C#CCCl)c1. The zero-order valence-corrected chi connectivity index (χ0v) is 7.40. The molecule has 0 atom stereocenters. The first-order valence-corrected chi connectivity index (χ1v) is 4.06. The number of halogens is 2. The second-order valence-corrected chi connectivity index (χ2v) is 2.51. The molecule has 0 heterocycles. The molecule has 0 bridgehead atoms. The number of benzene rings is 1. The number of nitriles is 1. The first kappa shape index (κ1) is 9.58. The van der Waals surface area contributed by atoms with Gasteiger partial charge in [0.2, 0.25) is 0 Å². The summed E-state index contributed by atoms with van der Waals surface area (Å²) in [7, 11) is 0. The van der Waals surface area contributed by atoms with Gasteiger partial charge in [0.05, 0.1) is 23.1 Å². The van der Waals surface area contributed by atoms with E-state index in [2.05, 4.69) is 11.8 Å². The fraction of sp³-hybridized carbons (Fsp3) is 0.100. The third kappa shape index (κ3) is 2.47. The van der Waals surface area contributed by atoms with Crippen molar-refractivity contribution in [2.75, 3.05) is 5.88 Å². The average Bonchev–Trinajstić information content (AvgIpc) is 2.17. The van der Waals surface area contributed by atoms with Gasteiger partial charge >= 0.3 is 0 Å². The van der Waals surface area contributed by atoms with E-state index in [1.165, 1.54) is 18.2 Å². The Morgan fingerprint density at radius 3 is 2.85 bits per heavy atom. The standard InChI is InChI=1S/C10H5ClFN/c11-5-1-2-9-6-8(7-13)3-4-10(9)12/h3-4,6H,5H2. The van der Waals surface area contributed by atoms with Crippen LogP contribution in [0.1, 0.15) is 11.1 Å². The summed E-state index contributed by atoms with van der Waals surface area (Å²) in [6.07, 6.45) is 0. The molecule has 1 aromatic carbocycles. The van der Waals surface area contributed by atoms with Crippen LogP contribution < -0.4 is 0 Å². The van der Waals surface area contributed by atoms with Gasteiger partial charge in [0.15, 0.2) is 0 Å². The van der Waals surface area contributed by atoms with E-state index in [1.807, 2.05) is 6.07 Å². The lowest BCUT2D eigenvalue weighted by Crippen LogP contribution is -1.85. The van der Waals surface area contributed by atoms with Crippen LogP contribution in [0.2, 0.25) is 0 Å². The van der Waals surface area contributed by atoms with Crippen LogP contribution in [0.3, 0.4) is 0 Å². The lowest BCUT2D eigenvalue weighted by molar-refractivity contribution is 0.624. The van der Waals surface area contributed by atoms with Gasteiger partial charge in [-0.25, -0.2) is 4.39 Å². The predicted octanol–water partition coefficient (Wildman–Crippen LogP) is 2.29. The highest BCUT2D eigenvalue weighted by Gasteiger charge is 1.99. The molecule has 0 unspecified atom stereocenters. The number of hydrogen-bond acceptors (Lipinski definition) is 1. The van der Waals surface area contributed by atoms with Crippen molar-refractivity contribution in [3.63, 3.8) is 0 Å². The Balaban J connectivity index is 3.13. The van der Waals surface area contributed by atoms with E-state index in [9.17, 15) is 4.39 Å². The summed E-state index contributed by atoms with van der Waals surface area (Å²) in [6, 6.07) is 5.92. The quantitative estimate of drug-likeness (QED) is 0.458. The summed E-state index contributed by atoms with van der Waals surface area (Å²) >= 11 is 5.32. The van der Waals surface area contributed by atoms with Gasteiger partial charge < -0.3 is 0 Å². The molecule has 1 aromatic rings. The van der Waals surface area contributed by atoms with Gasteiger partial charge in [-0.15, -0.1) is 11.6 Å². The van der Waals surface area contributed by atoms with Crippen molar-refractivity contribution in [3.05, 3.63) is 35.1 Å². The molecule has 0 spiro atoms. The Morgan fingerprint density at radius 2 is 2.23 bits per heavy atom. The van der Waals surface area contributed by atoms with Crippen LogP contribution in [0, 0.1) is 29.0 Å². The highest BCUT2D eigenvalue weighted by atomic mass is 35.5. The van der Waals surface area contributed by atoms with Crippen LogP contribution in [0.5, 0.6) is 0 Å². The minimum atomic E-state index is -0.434. The smallest absolute Gasteiger partial charge is 0.138 e. The Labute approximate surface area is 80.8 Å². The molecule has 64 valence electrons. The summed E-state index contributed by atoms with van der Waals surface area (Å²) in [5, 5.41) is 8.53. The van der Waals surface area contributed by atoms with Gasteiger partial charge in [0.25, 0.3) is 0 Å². The highest BCUT2D eigenvalue weighted by Crippen LogP contribution is 2.08. The molecule has 0 fully saturated rings. The maximum atomic E-state index is 13.0. The number of hydrogen-bond donors (Lipinski definition) is 0. The molecule has 0 aromatic heterocycles. The van der Waals surface area contributed by atoms with Crippen molar-refractivity contribution < 1.29 is 4.39 Å². The van der Waals surface area contributed by atoms with Crippen molar-refractivity contribution in [3.8, 4) is 17.9 Å². The van der Waals surface area contributed by atoms with Crippen molar-refractivity contribution in [1.82, 2.24) is 0 Å². The molecule has 0 N–H and O–H groups in total. The molecule has 0 radical (unpaired) electrons. The van der Waals surface area contributed by atoms with E-state index in [1.54, 1.807) is 0 Å². The fourth-order valence-corrected chi connectivity index (χ4v) is 0.886. The number of rotatable bonds is 0. The lowest BCUT2D eigenvalue weighted by atomic mass is 10.1. The van der Waals surface area contributed by atoms with E-state index in [4.69, 9.17) is 16.9 Å². The molecule has 0 amide bonds. The van der Waals surface area contributed by atoms with E-state index >= 15 is 0 Å². The Morgan fingerprint density at radius 1 is 1.46 bits per heavy atom. The average molecular weight is 194 g/mol. The van der Waals surface area contributed by atoms with Crippen molar-refractivity contribution in [2.24, 2.45) is 0 Å². The van der Waals surface area contributed by atoms with Gasteiger partial charge in [-0.1, -0.05) is 11.8 Å². The minimum Gasteiger partial charge on any atom is -0.206 e. The molecular formula is C10H5ClFN. The maximum absolute atomic E-state index is 13.0. The molecule has 0 aliphatic heterocycles. The van der Waals surface area contributed by atoms with Crippen molar-refractivity contribution in [1.29, 1.82) is 5.26 Å². The summed E-state index contributed by atoms with van der Waals surface area (Å²) in [5.41, 5.74) is 0.597. The topological polar surface area (TPSA) is 23.8 Å². The van der Waals surface area contributed by atoms with Crippen molar-refractivity contribution >= 4 is 11.6 Å². The second-order valence-electron chi connectivity index (χ2n) is 2.24. The summed E-state index contributed by atoms with van der Waals surface area (Å²) < 4.78 is 13.0. The highest BCUT2D eigenvalue weighted by molar-refractivity contribution is 6.19. The van der Waals surface area contributed by atoms with Crippen molar-refractivity contribution in [2.45, 2.75) is 0 Å². The van der Waals surface area contributed by atoms with E-state index in [0.29, 0.717) is 5.56 Å². The molecular weight excluding hydrogens is 189 g/mol. The Kier molecular flexibility index (Phi) is 3.31. The molecule has 0 aliphatic rings. The first-order chi connectivity index (χ1) is 6.27. The number of alkyl halides is 1. The van der Waals surface area contributed by atoms with E-state index in [-0.39, 0.29) is 11.4 Å². The van der Waals surface area contributed by atoms with Gasteiger partial charge in [0.1, 0.15) is 5.82 Å². The summed E-state index contributed by atoms with van der Waals surface area (Å²) in [6.45, 7) is 0.